The van der Waals surface area contributed by atoms with Crippen molar-refractivity contribution in [1.29, 1.82) is 0 Å². The van der Waals surface area contributed by atoms with Crippen LogP contribution in [0.5, 0.6) is 0 Å². The lowest BCUT2D eigenvalue weighted by molar-refractivity contribution is 0.0938. The van der Waals surface area contributed by atoms with Crippen LogP contribution in [0.2, 0.25) is 0 Å². The summed E-state index contributed by atoms with van der Waals surface area (Å²) in [4.78, 5) is 12.2. The molecule has 0 bridgehead atoms. The summed E-state index contributed by atoms with van der Waals surface area (Å²) in [6.07, 6.45) is 0.939. The van der Waals surface area contributed by atoms with Gasteiger partial charge in [-0.25, -0.2) is 0 Å². The summed E-state index contributed by atoms with van der Waals surface area (Å²) in [6, 6.07) is 0.200. The van der Waals surface area contributed by atoms with Crippen molar-refractivity contribution < 1.29 is 4.79 Å². The Hall–Kier alpha value is -0.350. The van der Waals surface area contributed by atoms with Gasteiger partial charge < -0.3 is 5.32 Å². The minimum absolute atomic E-state index is 0.0365. The first-order chi connectivity index (χ1) is 7.00. The smallest absolute Gasteiger partial charge is 0.252 e. The van der Waals surface area contributed by atoms with Gasteiger partial charge in [-0.1, -0.05) is 22.9 Å². The lowest BCUT2D eigenvalue weighted by Gasteiger charge is -2.14. The lowest BCUT2D eigenvalue weighted by Crippen LogP contribution is -2.33. The fraction of sp³-hybridized carbons (Fsp3) is 0.545. The van der Waals surface area contributed by atoms with E-state index in [2.05, 4.69) is 28.2 Å². The van der Waals surface area contributed by atoms with Crippen LogP contribution in [-0.4, -0.2) is 16.8 Å². The molecule has 4 heteroatoms. The van der Waals surface area contributed by atoms with E-state index in [1.54, 1.807) is 11.3 Å². The average Bonchev–Trinajstić information content (AvgIpc) is 2.49. The molecule has 0 aliphatic carbocycles. The van der Waals surface area contributed by atoms with Crippen LogP contribution in [0.15, 0.2) is 10.8 Å². The first-order valence-corrected chi connectivity index (χ1v) is 6.84. The second-order valence-corrected chi connectivity index (χ2v) is 6.17. The highest BCUT2D eigenvalue weighted by molar-refractivity contribution is 9.09. The highest BCUT2D eigenvalue weighted by Gasteiger charge is 2.13. The standard InChI is InChI=1S/C11H16BrNOS/c1-7-5-15-6-10(7)11(14)13-9(3)4-8(2)12/h5-6,8-9H,4H2,1-3H3,(H,13,14). The monoisotopic (exact) mass is 289 g/mol. The molecule has 0 saturated carbocycles. The third-order valence-corrected chi connectivity index (χ3v) is 3.39. The predicted molar refractivity (Wildman–Crippen MR) is 69.0 cm³/mol. The number of hydrogen-bond acceptors (Lipinski definition) is 2. The second-order valence-electron chi connectivity index (χ2n) is 3.86. The first kappa shape index (κ1) is 12.7. The lowest BCUT2D eigenvalue weighted by atomic mass is 10.1. The molecular weight excluding hydrogens is 274 g/mol. The Morgan fingerprint density at radius 2 is 2.20 bits per heavy atom. The molecule has 0 radical (unpaired) electrons. The number of hydrogen-bond donors (Lipinski definition) is 1. The van der Waals surface area contributed by atoms with Crippen molar-refractivity contribution in [1.82, 2.24) is 5.32 Å². The number of amides is 1. The molecule has 1 heterocycles. The van der Waals surface area contributed by atoms with E-state index in [0.29, 0.717) is 4.83 Å². The van der Waals surface area contributed by atoms with Crippen LogP contribution in [0.3, 0.4) is 0 Å². The van der Waals surface area contributed by atoms with Crippen molar-refractivity contribution >= 4 is 33.2 Å². The fourth-order valence-electron chi connectivity index (χ4n) is 1.44. The van der Waals surface area contributed by atoms with Gasteiger partial charge in [-0.3, -0.25) is 4.79 Å². The van der Waals surface area contributed by atoms with Crippen LogP contribution in [0.4, 0.5) is 0 Å². The summed E-state index contributed by atoms with van der Waals surface area (Å²) in [7, 11) is 0. The molecule has 0 fully saturated rings. The van der Waals surface area contributed by atoms with Crippen LogP contribution >= 0.6 is 27.3 Å². The summed E-state index contributed by atoms with van der Waals surface area (Å²) in [5, 5.41) is 6.88. The molecular formula is C11H16BrNOS. The highest BCUT2D eigenvalue weighted by atomic mass is 79.9. The van der Waals surface area contributed by atoms with Crippen LogP contribution in [0.25, 0.3) is 0 Å². The van der Waals surface area contributed by atoms with Gasteiger partial charge in [0.15, 0.2) is 0 Å². The maximum Gasteiger partial charge on any atom is 0.252 e. The summed E-state index contributed by atoms with van der Waals surface area (Å²) >= 11 is 5.04. The van der Waals surface area contributed by atoms with E-state index >= 15 is 0 Å². The number of nitrogens with one attached hydrogen (secondary N) is 1. The number of halogens is 1. The summed E-state index contributed by atoms with van der Waals surface area (Å²) in [6.45, 7) is 6.07. The molecule has 15 heavy (non-hydrogen) atoms. The van der Waals surface area contributed by atoms with E-state index in [0.717, 1.165) is 17.5 Å². The number of carbonyl (C=O) groups is 1. The van der Waals surface area contributed by atoms with Crippen molar-refractivity contribution in [3.05, 3.63) is 21.9 Å². The quantitative estimate of drug-likeness (QED) is 0.847. The fourth-order valence-corrected chi connectivity index (χ4v) is 2.83. The highest BCUT2D eigenvalue weighted by Crippen LogP contribution is 2.14. The molecule has 2 unspecified atom stereocenters. The van der Waals surface area contributed by atoms with Crippen molar-refractivity contribution in [2.75, 3.05) is 0 Å². The van der Waals surface area contributed by atoms with Crippen LogP contribution in [-0.2, 0) is 0 Å². The van der Waals surface area contributed by atoms with E-state index in [1.807, 2.05) is 24.6 Å². The van der Waals surface area contributed by atoms with E-state index in [9.17, 15) is 4.79 Å². The number of thiophene rings is 1. The molecule has 1 amide bonds. The van der Waals surface area contributed by atoms with Crippen molar-refractivity contribution in [3.8, 4) is 0 Å². The van der Waals surface area contributed by atoms with Crippen molar-refractivity contribution in [2.24, 2.45) is 0 Å². The third kappa shape index (κ3) is 3.95. The molecule has 1 N–H and O–H groups in total. The normalized spacial score (nSPS) is 14.7. The number of carbonyl (C=O) groups excluding carboxylic acids is 1. The Bertz CT molecular complexity index is 335. The van der Waals surface area contributed by atoms with Crippen LogP contribution in [0, 0.1) is 6.92 Å². The topological polar surface area (TPSA) is 29.1 Å². The predicted octanol–water partition coefficient (Wildman–Crippen LogP) is 3.35. The Labute approximate surface area is 103 Å². The summed E-state index contributed by atoms with van der Waals surface area (Å²) < 4.78 is 0. The molecule has 0 aliphatic rings. The van der Waals surface area contributed by atoms with Gasteiger partial charge in [0.2, 0.25) is 0 Å². The van der Waals surface area contributed by atoms with Gasteiger partial charge >= 0.3 is 0 Å². The minimum atomic E-state index is 0.0365. The van der Waals surface area contributed by atoms with Gasteiger partial charge in [-0.2, -0.15) is 11.3 Å². The summed E-state index contributed by atoms with van der Waals surface area (Å²) in [5.74, 6) is 0.0365. The molecule has 2 atom stereocenters. The Morgan fingerprint density at radius 3 is 2.67 bits per heavy atom. The Kier molecular flexibility index (Phi) is 4.80. The minimum Gasteiger partial charge on any atom is -0.350 e. The van der Waals surface area contributed by atoms with Gasteiger partial charge in [-0.15, -0.1) is 0 Å². The molecule has 1 aromatic heterocycles. The Balaban J connectivity index is 2.53. The summed E-state index contributed by atoms with van der Waals surface area (Å²) in [5.41, 5.74) is 1.85. The average molecular weight is 290 g/mol. The van der Waals surface area contributed by atoms with Crippen LogP contribution in [0.1, 0.15) is 36.2 Å². The molecule has 2 nitrogen and oxygen atoms in total. The molecule has 0 aliphatic heterocycles. The maximum absolute atomic E-state index is 11.8. The number of aryl methyl sites for hydroxylation is 1. The SMILES string of the molecule is Cc1cscc1C(=O)NC(C)CC(C)Br. The van der Waals surface area contributed by atoms with Crippen molar-refractivity contribution in [2.45, 2.75) is 38.1 Å². The van der Waals surface area contributed by atoms with Gasteiger partial charge in [-0.05, 0) is 31.2 Å². The molecule has 0 spiro atoms. The molecule has 84 valence electrons. The van der Waals surface area contributed by atoms with E-state index < -0.39 is 0 Å². The van der Waals surface area contributed by atoms with E-state index in [-0.39, 0.29) is 11.9 Å². The zero-order valence-corrected chi connectivity index (χ0v) is 11.6. The number of rotatable bonds is 4. The van der Waals surface area contributed by atoms with E-state index in [4.69, 9.17) is 0 Å². The second kappa shape index (κ2) is 5.66. The van der Waals surface area contributed by atoms with Gasteiger partial charge in [0.05, 0.1) is 5.56 Å². The van der Waals surface area contributed by atoms with Crippen molar-refractivity contribution in [3.63, 3.8) is 0 Å². The van der Waals surface area contributed by atoms with E-state index in [1.165, 1.54) is 0 Å². The largest absolute Gasteiger partial charge is 0.350 e. The number of alkyl halides is 1. The van der Waals surface area contributed by atoms with Crippen LogP contribution < -0.4 is 5.32 Å². The first-order valence-electron chi connectivity index (χ1n) is 4.98. The van der Waals surface area contributed by atoms with Gasteiger partial charge in [0.25, 0.3) is 5.91 Å². The maximum atomic E-state index is 11.8. The van der Waals surface area contributed by atoms with Gasteiger partial charge in [0.1, 0.15) is 0 Å². The zero-order chi connectivity index (χ0) is 11.4. The van der Waals surface area contributed by atoms with Gasteiger partial charge in [0, 0.05) is 16.2 Å². The zero-order valence-electron chi connectivity index (χ0n) is 9.21. The molecule has 1 aromatic rings. The molecule has 0 aromatic carbocycles. The third-order valence-electron chi connectivity index (χ3n) is 2.16. The molecule has 0 saturated heterocycles. The Morgan fingerprint density at radius 1 is 1.53 bits per heavy atom. The molecule has 1 rings (SSSR count).